The smallest absolute Gasteiger partial charge is 0.119 e. The van der Waals surface area contributed by atoms with Crippen molar-refractivity contribution in [1.82, 2.24) is 4.98 Å². The number of aromatic nitrogens is 1. The Morgan fingerprint density at radius 1 is 1.46 bits per heavy atom. The van der Waals surface area contributed by atoms with Gasteiger partial charge in [-0.25, -0.2) is 4.98 Å². The van der Waals surface area contributed by atoms with Gasteiger partial charge in [-0.1, -0.05) is 13.8 Å². The van der Waals surface area contributed by atoms with Gasteiger partial charge in [0.2, 0.25) is 0 Å². The van der Waals surface area contributed by atoms with Gasteiger partial charge in [0, 0.05) is 11.4 Å². The van der Waals surface area contributed by atoms with Crippen LogP contribution in [0.5, 0.6) is 0 Å². The third-order valence-electron chi connectivity index (χ3n) is 1.58. The zero-order valence-corrected chi connectivity index (χ0v) is 9.19. The van der Waals surface area contributed by atoms with Crippen molar-refractivity contribution in [2.75, 3.05) is 11.5 Å². The number of aryl methyl sites for hydroxylation is 1. The number of hydrogen-bond donors (Lipinski definition) is 1. The Kier molecular flexibility index (Phi) is 3.60. The summed E-state index contributed by atoms with van der Waals surface area (Å²) in [5.41, 5.74) is 7.61. The van der Waals surface area contributed by atoms with Gasteiger partial charge in [-0.3, -0.25) is 0 Å². The molecule has 13 heavy (non-hydrogen) atoms. The highest BCUT2D eigenvalue weighted by atomic mass is 32.2. The van der Waals surface area contributed by atoms with Crippen molar-refractivity contribution >= 4 is 17.4 Å². The van der Waals surface area contributed by atoms with E-state index in [2.05, 4.69) is 18.8 Å². The molecule has 2 N–H and O–H groups in total. The summed E-state index contributed by atoms with van der Waals surface area (Å²) in [5.74, 6) is 1.74. The van der Waals surface area contributed by atoms with Gasteiger partial charge in [0.05, 0.1) is 5.69 Å². The van der Waals surface area contributed by atoms with Crippen molar-refractivity contribution in [1.29, 1.82) is 0 Å². The molecule has 1 heterocycles. The van der Waals surface area contributed by atoms with Gasteiger partial charge in [0.25, 0.3) is 0 Å². The number of hydrogen-bond acceptors (Lipinski definition) is 3. The molecular formula is C10H16N2S. The molecule has 0 saturated carbocycles. The third-order valence-corrected chi connectivity index (χ3v) is 3.02. The van der Waals surface area contributed by atoms with E-state index in [0.717, 1.165) is 22.2 Å². The summed E-state index contributed by atoms with van der Waals surface area (Å²) in [4.78, 5) is 4.38. The molecule has 0 aliphatic heterocycles. The van der Waals surface area contributed by atoms with E-state index >= 15 is 0 Å². The van der Waals surface area contributed by atoms with Gasteiger partial charge in [0.1, 0.15) is 5.03 Å². The number of pyridine rings is 1. The van der Waals surface area contributed by atoms with Gasteiger partial charge >= 0.3 is 0 Å². The second kappa shape index (κ2) is 4.51. The summed E-state index contributed by atoms with van der Waals surface area (Å²) in [6.45, 7) is 6.37. The molecule has 0 spiro atoms. The average molecular weight is 196 g/mol. The first-order valence-corrected chi connectivity index (χ1v) is 5.44. The lowest BCUT2D eigenvalue weighted by molar-refractivity contribution is 0.749. The Morgan fingerprint density at radius 3 is 2.77 bits per heavy atom. The number of anilines is 1. The fourth-order valence-electron chi connectivity index (χ4n) is 0.905. The van der Waals surface area contributed by atoms with E-state index < -0.39 is 0 Å². The molecule has 0 atom stereocenters. The summed E-state index contributed by atoms with van der Waals surface area (Å²) in [7, 11) is 0. The first-order chi connectivity index (χ1) is 6.09. The average Bonchev–Trinajstić information content (AvgIpc) is 2.06. The van der Waals surface area contributed by atoms with Gasteiger partial charge in [0.15, 0.2) is 0 Å². The van der Waals surface area contributed by atoms with Gasteiger partial charge in [-0.2, -0.15) is 0 Å². The maximum Gasteiger partial charge on any atom is 0.119 e. The highest BCUT2D eigenvalue weighted by Gasteiger charge is 2.03. The van der Waals surface area contributed by atoms with Crippen molar-refractivity contribution in [2.45, 2.75) is 25.8 Å². The number of nitrogen functional groups attached to an aromatic ring is 1. The summed E-state index contributed by atoms with van der Waals surface area (Å²) < 4.78 is 0. The number of nitrogens with zero attached hydrogens (tertiary/aromatic N) is 1. The molecule has 0 aromatic carbocycles. The van der Waals surface area contributed by atoms with Crippen LogP contribution < -0.4 is 5.73 Å². The Bertz CT molecular complexity index is 284. The standard InChI is InChI=1S/C10H16N2S/c1-7(2)6-13-10-9(11)5-4-8(3)12-10/h4-5,7H,6,11H2,1-3H3. The van der Waals surface area contributed by atoms with Crippen molar-refractivity contribution in [3.8, 4) is 0 Å². The molecule has 0 saturated heterocycles. The van der Waals surface area contributed by atoms with Crippen LogP contribution in [0.3, 0.4) is 0 Å². The van der Waals surface area contributed by atoms with E-state index in [9.17, 15) is 0 Å². The lowest BCUT2D eigenvalue weighted by Crippen LogP contribution is -1.97. The topological polar surface area (TPSA) is 38.9 Å². The second-order valence-corrected chi connectivity index (χ2v) is 4.56. The van der Waals surface area contributed by atoms with Gasteiger partial charge in [-0.15, -0.1) is 11.8 Å². The summed E-state index contributed by atoms with van der Waals surface area (Å²) in [6.07, 6.45) is 0. The Balaban J connectivity index is 2.70. The summed E-state index contributed by atoms with van der Waals surface area (Å²) in [5, 5.41) is 0.966. The van der Waals surface area contributed by atoms with E-state index in [-0.39, 0.29) is 0 Å². The third kappa shape index (κ3) is 3.27. The number of rotatable bonds is 3. The van der Waals surface area contributed by atoms with E-state index in [1.807, 2.05) is 19.1 Å². The minimum atomic E-state index is 0.673. The molecule has 1 rings (SSSR count). The molecule has 0 fully saturated rings. The van der Waals surface area contributed by atoms with Crippen LogP contribution in [-0.2, 0) is 0 Å². The van der Waals surface area contributed by atoms with E-state index in [0.29, 0.717) is 5.92 Å². The lowest BCUT2D eigenvalue weighted by Gasteiger charge is -2.06. The second-order valence-electron chi connectivity index (χ2n) is 3.55. The fraction of sp³-hybridized carbons (Fsp3) is 0.500. The van der Waals surface area contributed by atoms with Crippen LogP contribution in [0.25, 0.3) is 0 Å². The van der Waals surface area contributed by atoms with Crippen LogP contribution >= 0.6 is 11.8 Å². The molecule has 0 aliphatic carbocycles. The molecule has 0 bridgehead atoms. The first kappa shape index (κ1) is 10.4. The van der Waals surface area contributed by atoms with Crippen molar-refractivity contribution < 1.29 is 0 Å². The predicted molar refractivity (Wildman–Crippen MR) is 58.9 cm³/mol. The largest absolute Gasteiger partial charge is 0.397 e. The molecule has 1 aromatic heterocycles. The molecule has 72 valence electrons. The number of nitrogens with two attached hydrogens (primary N) is 1. The first-order valence-electron chi connectivity index (χ1n) is 4.45. The van der Waals surface area contributed by atoms with E-state index in [4.69, 9.17) is 5.73 Å². The minimum absolute atomic E-state index is 0.673. The summed E-state index contributed by atoms with van der Waals surface area (Å²) >= 11 is 1.73. The van der Waals surface area contributed by atoms with Crippen LogP contribution in [0.2, 0.25) is 0 Å². The van der Waals surface area contributed by atoms with E-state index in [1.165, 1.54) is 0 Å². The minimum Gasteiger partial charge on any atom is -0.397 e. The zero-order chi connectivity index (χ0) is 9.84. The molecule has 0 amide bonds. The van der Waals surface area contributed by atoms with Crippen LogP contribution in [0.1, 0.15) is 19.5 Å². The Labute approximate surface area is 83.9 Å². The molecule has 0 aliphatic rings. The van der Waals surface area contributed by atoms with E-state index in [1.54, 1.807) is 11.8 Å². The molecule has 0 radical (unpaired) electrons. The van der Waals surface area contributed by atoms with Crippen LogP contribution in [0.4, 0.5) is 5.69 Å². The highest BCUT2D eigenvalue weighted by Crippen LogP contribution is 2.24. The van der Waals surface area contributed by atoms with Gasteiger partial charge < -0.3 is 5.73 Å². The molecule has 2 nitrogen and oxygen atoms in total. The predicted octanol–water partition coefficient (Wildman–Crippen LogP) is 2.72. The molecular weight excluding hydrogens is 180 g/mol. The van der Waals surface area contributed by atoms with Gasteiger partial charge in [-0.05, 0) is 25.0 Å². The fourth-order valence-corrected chi connectivity index (χ4v) is 1.84. The van der Waals surface area contributed by atoms with Crippen LogP contribution in [-0.4, -0.2) is 10.7 Å². The highest BCUT2D eigenvalue weighted by molar-refractivity contribution is 7.99. The monoisotopic (exact) mass is 196 g/mol. The van der Waals surface area contributed by atoms with Crippen molar-refractivity contribution in [3.05, 3.63) is 17.8 Å². The normalized spacial score (nSPS) is 10.8. The molecule has 0 unspecified atom stereocenters. The summed E-state index contributed by atoms with van der Waals surface area (Å²) in [6, 6.07) is 3.86. The van der Waals surface area contributed by atoms with Crippen molar-refractivity contribution in [3.63, 3.8) is 0 Å². The maximum atomic E-state index is 5.79. The zero-order valence-electron chi connectivity index (χ0n) is 8.37. The van der Waals surface area contributed by atoms with Crippen LogP contribution in [0.15, 0.2) is 17.2 Å². The quantitative estimate of drug-likeness (QED) is 0.755. The Morgan fingerprint density at radius 2 is 2.15 bits per heavy atom. The number of thioether (sulfide) groups is 1. The maximum absolute atomic E-state index is 5.79. The SMILES string of the molecule is Cc1ccc(N)c(SCC(C)C)n1. The molecule has 3 heteroatoms. The Hall–Kier alpha value is -0.700. The van der Waals surface area contributed by atoms with Crippen molar-refractivity contribution in [2.24, 2.45) is 5.92 Å². The lowest BCUT2D eigenvalue weighted by atomic mass is 10.3. The van der Waals surface area contributed by atoms with Crippen LogP contribution in [0, 0.1) is 12.8 Å². The molecule has 1 aromatic rings.